The van der Waals surface area contributed by atoms with Crippen LogP contribution in [0, 0.1) is 11.6 Å². The van der Waals surface area contributed by atoms with Gasteiger partial charge in [-0.05, 0) is 43.5 Å². The summed E-state index contributed by atoms with van der Waals surface area (Å²) in [5.74, 6) is -3.28. The van der Waals surface area contributed by atoms with Gasteiger partial charge in [-0.25, -0.2) is 8.78 Å². The first-order valence-electron chi connectivity index (χ1n) is 11.5. The number of unbranched alkanes of at least 4 members (excludes halogenated alkanes) is 5. The molecule has 0 heterocycles. The van der Waals surface area contributed by atoms with Crippen LogP contribution in [0.2, 0.25) is 0 Å². The smallest absolute Gasteiger partial charge is 0.287 e. The molecule has 0 amide bonds. The van der Waals surface area contributed by atoms with Crippen LogP contribution in [0.5, 0.6) is 0 Å². The van der Waals surface area contributed by atoms with Crippen molar-refractivity contribution in [2.45, 2.75) is 77.6 Å². The van der Waals surface area contributed by atoms with Crippen LogP contribution in [0.15, 0.2) is 42.5 Å². The third-order valence-corrected chi connectivity index (χ3v) is 5.54. The summed E-state index contributed by atoms with van der Waals surface area (Å²) in [5.41, 5.74) is 1.85. The van der Waals surface area contributed by atoms with Gasteiger partial charge in [-0.1, -0.05) is 69.7 Å². The van der Waals surface area contributed by atoms with Crippen LogP contribution in [-0.4, -0.2) is 24.3 Å². The fourth-order valence-electron chi connectivity index (χ4n) is 3.96. The number of hydrogen-bond donors (Lipinski definition) is 1. The molecule has 5 heteroatoms. The van der Waals surface area contributed by atoms with Crippen molar-refractivity contribution in [3.05, 3.63) is 59.7 Å². The number of aliphatic hydroxyl groups is 1. The summed E-state index contributed by atoms with van der Waals surface area (Å²) in [7, 11) is 0. The maximum atomic E-state index is 14.2. The van der Waals surface area contributed by atoms with Crippen LogP contribution in [0.1, 0.15) is 77.2 Å². The van der Waals surface area contributed by atoms with E-state index in [0.717, 1.165) is 24.5 Å². The molecule has 0 saturated carbocycles. The Bertz CT molecular complexity index is 771. The quantitative estimate of drug-likeness (QED) is 0.253. The zero-order valence-corrected chi connectivity index (χ0v) is 19.0. The molecule has 0 aromatic heterocycles. The topological polar surface area (TPSA) is 38.7 Å². The molecule has 0 aliphatic carbocycles. The van der Waals surface area contributed by atoms with Crippen LogP contribution in [-0.2, 0) is 9.47 Å². The molecule has 1 unspecified atom stereocenters. The molecule has 0 radical (unpaired) electrons. The van der Waals surface area contributed by atoms with Gasteiger partial charge in [0.1, 0.15) is 11.6 Å². The van der Waals surface area contributed by atoms with Crippen molar-refractivity contribution in [2.75, 3.05) is 13.2 Å². The Kier molecular flexibility index (Phi) is 10.6. The normalized spacial score (nSPS) is 12.8. The lowest BCUT2D eigenvalue weighted by Crippen LogP contribution is -2.42. The molecular formula is C26H36F2O3. The average molecular weight is 435 g/mol. The van der Waals surface area contributed by atoms with E-state index in [1.165, 1.54) is 37.8 Å². The average Bonchev–Trinajstić information content (AvgIpc) is 2.74. The molecule has 0 saturated heterocycles. The van der Waals surface area contributed by atoms with Crippen LogP contribution in [0.4, 0.5) is 8.78 Å². The summed E-state index contributed by atoms with van der Waals surface area (Å²) < 4.78 is 38.7. The number of benzene rings is 2. The minimum Gasteiger partial charge on any atom is -0.343 e. The fraction of sp³-hybridized carbons (Fsp3) is 0.538. The van der Waals surface area contributed by atoms with Crippen molar-refractivity contribution in [2.24, 2.45) is 0 Å². The highest BCUT2D eigenvalue weighted by molar-refractivity contribution is 5.64. The molecule has 172 valence electrons. The lowest BCUT2D eigenvalue weighted by Gasteiger charge is -2.35. The van der Waals surface area contributed by atoms with Crippen molar-refractivity contribution in [1.82, 2.24) is 0 Å². The lowest BCUT2D eigenvalue weighted by molar-refractivity contribution is -0.370. The molecule has 31 heavy (non-hydrogen) atoms. The van der Waals surface area contributed by atoms with Gasteiger partial charge >= 0.3 is 0 Å². The molecule has 3 nitrogen and oxygen atoms in total. The number of hydrogen-bond acceptors (Lipinski definition) is 3. The highest BCUT2D eigenvalue weighted by atomic mass is 19.1. The Morgan fingerprint density at radius 3 is 2.03 bits per heavy atom. The standard InChI is InChI=1S/C26H36F2O3/c1-4-7-8-9-10-11-12-24(26(29,30-5-2)31-6-3)21-15-13-20(14-16-21)23-18-17-22(27)19-25(23)28/h13-19,24,29H,4-12H2,1-3H3. The molecular weight excluding hydrogens is 398 g/mol. The van der Waals surface area contributed by atoms with Gasteiger partial charge in [-0.15, -0.1) is 0 Å². The van der Waals surface area contributed by atoms with Gasteiger partial charge in [0, 0.05) is 24.8 Å². The predicted octanol–water partition coefficient (Wildman–Crippen LogP) is 7.19. The molecule has 2 aromatic carbocycles. The number of halogens is 2. The molecule has 2 rings (SSSR count). The Labute approximate surface area is 185 Å². The van der Waals surface area contributed by atoms with Crippen molar-refractivity contribution in [3.8, 4) is 11.1 Å². The Hall–Kier alpha value is -1.82. The predicted molar refractivity (Wildman–Crippen MR) is 121 cm³/mol. The maximum absolute atomic E-state index is 14.2. The second-order valence-electron chi connectivity index (χ2n) is 7.85. The molecule has 0 fully saturated rings. The second-order valence-corrected chi connectivity index (χ2v) is 7.85. The van der Waals surface area contributed by atoms with E-state index in [4.69, 9.17) is 9.47 Å². The number of rotatable bonds is 14. The highest BCUT2D eigenvalue weighted by Crippen LogP contribution is 2.37. The minimum absolute atomic E-state index is 0.322. The van der Waals surface area contributed by atoms with Crippen molar-refractivity contribution < 1.29 is 23.4 Å². The molecule has 0 aliphatic rings. The van der Waals surface area contributed by atoms with E-state index in [2.05, 4.69) is 6.92 Å². The van der Waals surface area contributed by atoms with E-state index in [1.807, 2.05) is 26.0 Å². The molecule has 0 bridgehead atoms. The largest absolute Gasteiger partial charge is 0.343 e. The van der Waals surface area contributed by atoms with Crippen LogP contribution in [0.3, 0.4) is 0 Å². The molecule has 0 aliphatic heterocycles. The maximum Gasteiger partial charge on any atom is 0.287 e. The van der Waals surface area contributed by atoms with Crippen LogP contribution < -0.4 is 0 Å². The van der Waals surface area contributed by atoms with Crippen molar-refractivity contribution in [3.63, 3.8) is 0 Å². The first-order chi connectivity index (χ1) is 14.9. The Morgan fingerprint density at radius 1 is 0.839 bits per heavy atom. The SMILES string of the molecule is CCCCCCCCC(c1ccc(-c2ccc(F)cc2F)cc1)C(O)(OCC)OCC. The van der Waals surface area contributed by atoms with Gasteiger partial charge in [-0.3, -0.25) is 0 Å². The van der Waals surface area contributed by atoms with E-state index in [-0.39, 0.29) is 5.92 Å². The minimum atomic E-state index is -1.71. The summed E-state index contributed by atoms with van der Waals surface area (Å²) in [6, 6.07) is 10.9. The lowest BCUT2D eigenvalue weighted by atomic mass is 9.89. The number of ether oxygens (including phenoxy) is 2. The van der Waals surface area contributed by atoms with Crippen LogP contribution >= 0.6 is 0 Å². The van der Waals surface area contributed by atoms with Gasteiger partial charge in [-0.2, -0.15) is 0 Å². The van der Waals surface area contributed by atoms with Crippen molar-refractivity contribution >= 4 is 0 Å². The Morgan fingerprint density at radius 2 is 1.45 bits per heavy atom. The van der Waals surface area contributed by atoms with E-state index < -0.39 is 17.6 Å². The summed E-state index contributed by atoms with van der Waals surface area (Å²) in [4.78, 5) is 0. The first kappa shape index (κ1) is 25.4. The van der Waals surface area contributed by atoms with Gasteiger partial charge in [0.25, 0.3) is 5.97 Å². The van der Waals surface area contributed by atoms with Gasteiger partial charge < -0.3 is 14.6 Å². The van der Waals surface area contributed by atoms with Gasteiger partial charge in [0.2, 0.25) is 0 Å². The molecule has 0 spiro atoms. The van der Waals surface area contributed by atoms with Crippen LogP contribution in [0.25, 0.3) is 11.1 Å². The monoisotopic (exact) mass is 434 g/mol. The van der Waals surface area contributed by atoms with Gasteiger partial charge in [0.15, 0.2) is 0 Å². The molecule has 1 N–H and O–H groups in total. The summed E-state index contributed by atoms with van der Waals surface area (Å²) in [6.45, 7) is 6.49. The zero-order chi connectivity index (χ0) is 22.7. The first-order valence-corrected chi connectivity index (χ1v) is 11.5. The molecule has 1 atom stereocenters. The summed E-state index contributed by atoms with van der Waals surface area (Å²) in [5, 5.41) is 11.2. The van der Waals surface area contributed by atoms with E-state index in [0.29, 0.717) is 30.8 Å². The third kappa shape index (κ3) is 7.37. The second kappa shape index (κ2) is 12.9. The van der Waals surface area contributed by atoms with E-state index >= 15 is 0 Å². The van der Waals surface area contributed by atoms with Gasteiger partial charge in [0.05, 0.1) is 5.92 Å². The highest BCUT2D eigenvalue weighted by Gasteiger charge is 2.39. The molecule has 2 aromatic rings. The summed E-state index contributed by atoms with van der Waals surface area (Å²) in [6.07, 6.45) is 7.60. The fourth-order valence-corrected chi connectivity index (χ4v) is 3.96. The Balaban J connectivity index is 2.23. The van der Waals surface area contributed by atoms with E-state index in [1.54, 1.807) is 12.1 Å². The van der Waals surface area contributed by atoms with Crippen molar-refractivity contribution in [1.29, 1.82) is 0 Å². The van der Waals surface area contributed by atoms with E-state index in [9.17, 15) is 13.9 Å². The zero-order valence-electron chi connectivity index (χ0n) is 19.0. The summed E-state index contributed by atoms with van der Waals surface area (Å²) >= 11 is 0. The third-order valence-electron chi connectivity index (χ3n) is 5.54.